The maximum atomic E-state index is 12.5. The van der Waals surface area contributed by atoms with Crippen LogP contribution in [0.4, 0.5) is 0 Å². The number of nitrogens with zero attached hydrogens (tertiary/aromatic N) is 5. The Morgan fingerprint density at radius 1 is 1.35 bits per heavy atom. The van der Waals surface area contributed by atoms with Crippen molar-refractivity contribution in [3.05, 3.63) is 53.6 Å². The van der Waals surface area contributed by atoms with Gasteiger partial charge in [0.2, 0.25) is 5.82 Å². The molecule has 1 N–H and O–H groups in total. The minimum atomic E-state index is -0.329. The Kier molecular flexibility index (Phi) is 5.13. The summed E-state index contributed by atoms with van der Waals surface area (Å²) in [4.78, 5) is 22.8. The highest BCUT2D eigenvalue weighted by Crippen LogP contribution is 2.22. The number of aryl methyl sites for hydroxylation is 1. The molecule has 0 saturated carbocycles. The topological polar surface area (TPSA) is 84.6 Å². The number of aromatic nitrogens is 4. The fourth-order valence-corrected chi connectivity index (χ4v) is 2.72. The van der Waals surface area contributed by atoms with Crippen molar-refractivity contribution >= 4 is 11.7 Å². The van der Waals surface area contributed by atoms with E-state index in [1.54, 1.807) is 17.8 Å². The summed E-state index contributed by atoms with van der Waals surface area (Å²) in [5.41, 5.74) is 1.92. The molecule has 1 amide bonds. The molecule has 0 aliphatic carbocycles. The quantitative estimate of drug-likeness (QED) is 0.722. The maximum Gasteiger partial charge on any atom is 0.291 e. The van der Waals surface area contributed by atoms with Gasteiger partial charge in [0.15, 0.2) is 0 Å². The van der Waals surface area contributed by atoms with Crippen LogP contribution in [0, 0.1) is 6.92 Å². The highest BCUT2D eigenvalue weighted by Gasteiger charge is 2.19. The van der Waals surface area contributed by atoms with Crippen LogP contribution in [-0.4, -0.2) is 58.1 Å². The summed E-state index contributed by atoms with van der Waals surface area (Å²) in [5, 5.41) is 7.14. The smallest absolute Gasteiger partial charge is 0.291 e. The molecule has 0 aliphatic rings. The first-order valence-corrected chi connectivity index (χ1v) is 8.26. The number of carbonyl (C=O) groups is 1. The summed E-state index contributed by atoms with van der Waals surface area (Å²) in [6.07, 6.45) is 1.64. The largest absolute Gasteiger partial charge is 0.497 e. The molecule has 26 heavy (non-hydrogen) atoms. The number of rotatable bonds is 6. The third-order valence-electron chi connectivity index (χ3n) is 4.19. The zero-order valence-corrected chi connectivity index (χ0v) is 15.3. The van der Waals surface area contributed by atoms with E-state index >= 15 is 0 Å². The van der Waals surface area contributed by atoms with Crippen molar-refractivity contribution in [1.82, 2.24) is 29.8 Å². The molecule has 2 heterocycles. The monoisotopic (exact) mass is 354 g/mol. The average molecular weight is 354 g/mol. The number of hydrogen-bond acceptors (Lipinski definition) is 6. The number of carbonyl (C=O) groups excluding carboxylic acids is 1. The molecule has 0 radical (unpaired) electrons. The number of nitrogens with one attached hydrogen (secondary N) is 1. The van der Waals surface area contributed by atoms with Gasteiger partial charge in [-0.1, -0.05) is 12.1 Å². The van der Waals surface area contributed by atoms with E-state index in [9.17, 15) is 4.79 Å². The van der Waals surface area contributed by atoms with Crippen LogP contribution in [-0.2, 0) is 0 Å². The van der Waals surface area contributed by atoms with E-state index in [2.05, 4.69) is 20.4 Å². The number of amides is 1. The van der Waals surface area contributed by atoms with E-state index < -0.39 is 0 Å². The number of methoxy groups -OCH3 is 1. The van der Waals surface area contributed by atoms with Gasteiger partial charge in [-0.15, -0.1) is 5.10 Å². The van der Waals surface area contributed by atoms with E-state index in [-0.39, 0.29) is 17.8 Å². The maximum absolute atomic E-state index is 12.5. The van der Waals surface area contributed by atoms with E-state index in [0.29, 0.717) is 12.3 Å². The van der Waals surface area contributed by atoms with Crippen LogP contribution in [0.25, 0.3) is 5.78 Å². The van der Waals surface area contributed by atoms with Gasteiger partial charge >= 0.3 is 0 Å². The lowest BCUT2D eigenvalue weighted by molar-refractivity contribution is 0.0931. The van der Waals surface area contributed by atoms with Gasteiger partial charge in [-0.2, -0.15) is 4.98 Å². The number of likely N-dealkylation sites (N-methyl/N-ethyl adjacent to an activating group) is 1. The van der Waals surface area contributed by atoms with Crippen LogP contribution in [0.5, 0.6) is 5.75 Å². The van der Waals surface area contributed by atoms with Crippen molar-refractivity contribution < 1.29 is 9.53 Å². The second-order valence-corrected chi connectivity index (χ2v) is 6.20. The second kappa shape index (κ2) is 7.49. The Morgan fingerprint density at radius 2 is 2.15 bits per heavy atom. The van der Waals surface area contributed by atoms with Gasteiger partial charge in [0.1, 0.15) is 5.75 Å². The molecule has 0 bridgehead atoms. The van der Waals surface area contributed by atoms with Gasteiger partial charge in [-0.3, -0.25) is 4.79 Å². The van der Waals surface area contributed by atoms with Crippen molar-refractivity contribution in [2.75, 3.05) is 27.7 Å². The van der Waals surface area contributed by atoms with Crippen molar-refractivity contribution in [3.63, 3.8) is 0 Å². The van der Waals surface area contributed by atoms with Crippen molar-refractivity contribution in [1.29, 1.82) is 0 Å². The standard InChI is InChI=1S/C18H22N6O2/c1-12-8-9-19-18-21-16(22-24(12)18)17(25)20-11-15(23(2)3)13-6-5-7-14(10-13)26-4/h5-10,15H,11H2,1-4H3,(H,20,25). The summed E-state index contributed by atoms with van der Waals surface area (Å²) in [7, 11) is 5.57. The van der Waals surface area contributed by atoms with E-state index in [0.717, 1.165) is 17.0 Å². The normalized spacial score (nSPS) is 12.3. The second-order valence-electron chi connectivity index (χ2n) is 6.20. The molecule has 3 rings (SSSR count). The van der Waals surface area contributed by atoms with Crippen LogP contribution in [0.3, 0.4) is 0 Å². The molecule has 1 unspecified atom stereocenters. The Balaban J connectivity index is 1.75. The number of benzene rings is 1. The Morgan fingerprint density at radius 3 is 2.85 bits per heavy atom. The molecule has 0 spiro atoms. The Bertz CT molecular complexity index is 921. The molecule has 136 valence electrons. The van der Waals surface area contributed by atoms with Crippen LogP contribution >= 0.6 is 0 Å². The minimum absolute atomic E-state index is 0.00839. The van der Waals surface area contributed by atoms with E-state index in [1.165, 1.54) is 0 Å². The molecule has 1 aromatic carbocycles. The SMILES string of the molecule is COc1cccc(C(CNC(=O)c2nc3nccc(C)n3n2)N(C)C)c1. The highest BCUT2D eigenvalue weighted by molar-refractivity contribution is 5.90. The molecule has 3 aromatic rings. The molecular weight excluding hydrogens is 332 g/mol. The van der Waals surface area contributed by atoms with E-state index in [4.69, 9.17) is 4.74 Å². The molecular formula is C18H22N6O2. The summed E-state index contributed by atoms with van der Waals surface area (Å²) in [6.45, 7) is 2.30. The highest BCUT2D eigenvalue weighted by atomic mass is 16.5. The van der Waals surface area contributed by atoms with Crippen LogP contribution in [0.1, 0.15) is 27.9 Å². The Labute approximate surface area is 151 Å². The predicted molar refractivity (Wildman–Crippen MR) is 97.3 cm³/mol. The molecule has 2 aromatic heterocycles. The average Bonchev–Trinajstić information content (AvgIpc) is 3.07. The fraction of sp³-hybridized carbons (Fsp3) is 0.333. The van der Waals surface area contributed by atoms with Gasteiger partial charge < -0.3 is 15.0 Å². The third-order valence-corrected chi connectivity index (χ3v) is 4.19. The first-order chi connectivity index (χ1) is 12.5. The van der Waals surface area contributed by atoms with Crippen molar-refractivity contribution in [2.24, 2.45) is 0 Å². The minimum Gasteiger partial charge on any atom is -0.497 e. The first kappa shape index (κ1) is 17.8. The van der Waals surface area contributed by atoms with Gasteiger partial charge in [0.05, 0.1) is 13.2 Å². The van der Waals surface area contributed by atoms with E-state index in [1.807, 2.05) is 56.3 Å². The zero-order chi connectivity index (χ0) is 18.7. The fourth-order valence-electron chi connectivity index (χ4n) is 2.72. The third kappa shape index (κ3) is 3.65. The van der Waals surface area contributed by atoms with Gasteiger partial charge in [0, 0.05) is 18.4 Å². The first-order valence-electron chi connectivity index (χ1n) is 8.26. The van der Waals surface area contributed by atoms with Gasteiger partial charge in [-0.25, -0.2) is 9.50 Å². The lowest BCUT2D eigenvalue weighted by Gasteiger charge is -2.25. The zero-order valence-electron chi connectivity index (χ0n) is 15.3. The molecule has 8 heteroatoms. The molecule has 8 nitrogen and oxygen atoms in total. The molecule has 0 fully saturated rings. The summed E-state index contributed by atoms with van der Waals surface area (Å²) < 4.78 is 6.84. The number of hydrogen-bond donors (Lipinski definition) is 1. The van der Waals surface area contributed by atoms with Crippen molar-refractivity contribution in [2.45, 2.75) is 13.0 Å². The lowest BCUT2D eigenvalue weighted by Crippen LogP contribution is -2.35. The van der Waals surface area contributed by atoms with Gasteiger partial charge in [0.25, 0.3) is 11.7 Å². The number of ether oxygens (including phenoxy) is 1. The summed E-state index contributed by atoms with van der Waals surface area (Å²) in [6, 6.07) is 9.61. The summed E-state index contributed by atoms with van der Waals surface area (Å²) in [5.74, 6) is 0.968. The van der Waals surface area contributed by atoms with Crippen LogP contribution < -0.4 is 10.1 Å². The molecule has 1 atom stereocenters. The summed E-state index contributed by atoms with van der Waals surface area (Å²) >= 11 is 0. The van der Waals surface area contributed by atoms with Crippen LogP contribution in [0.2, 0.25) is 0 Å². The lowest BCUT2D eigenvalue weighted by atomic mass is 10.1. The predicted octanol–water partition coefficient (Wildman–Crippen LogP) is 1.47. The van der Waals surface area contributed by atoms with Gasteiger partial charge in [-0.05, 0) is 44.8 Å². The Hall–Kier alpha value is -3.00. The molecule has 0 aliphatic heterocycles. The van der Waals surface area contributed by atoms with Crippen molar-refractivity contribution in [3.8, 4) is 5.75 Å². The number of fused-ring (bicyclic) bond motifs is 1. The van der Waals surface area contributed by atoms with Crippen LogP contribution in [0.15, 0.2) is 36.5 Å². The molecule has 0 saturated heterocycles.